The van der Waals surface area contributed by atoms with Crippen LogP contribution in [-0.2, 0) is 11.2 Å². The minimum atomic E-state index is -1.10. The van der Waals surface area contributed by atoms with Crippen LogP contribution in [0.15, 0.2) is 52.3 Å². The van der Waals surface area contributed by atoms with Gasteiger partial charge in [0.1, 0.15) is 17.5 Å². The van der Waals surface area contributed by atoms with E-state index in [1.165, 1.54) is 6.07 Å². The van der Waals surface area contributed by atoms with E-state index in [1.54, 1.807) is 17.4 Å². The molecule has 142 valence electrons. The quantitative estimate of drug-likeness (QED) is 0.462. The molecule has 1 unspecified atom stereocenters. The van der Waals surface area contributed by atoms with Crippen molar-refractivity contribution < 1.29 is 19.1 Å². The average Bonchev–Trinajstić information content (AvgIpc) is 3.40. The maximum atomic E-state index is 12.5. The van der Waals surface area contributed by atoms with Crippen molar-refractivity contribution in [2.45, 2.75) is 19.4 Å². The molecule has 8 heteroatoms. The first kappa shape index (κ1) is 18.0. The van der Waals surface area contributed by atoms with Crippen molar-refractivity contribution in [1.82, 2.24) is 15.5 Å². The summed E-state index contributed by atoms with van der Waals surface area (Å²) in [5.41, 5.74) is 1.54. The number of hydrogen-bond acceptors (Lipinski definition) is 5. The Morgan fingerprint density at radius 1 is 1.29 bits per heavy atom. The normalized spacial score (nSPS) is 12.2. The van der Waals surface area contributed by atoms with Gasteiger partial charge >= 0.3 is 5.97 Å². The van der Waals surface area contributed by atoms with Gasteiger partial charge in [-0.3, -0.25) is 9.89 Å². The van der Waals surface area contributed by atoms with Crippen molar-refractivity contribution in [2.24, 2.45) is 0 Å². The predicted molar refractivity (Wildman–Crippen MR) is 105 cm³/mol. The number of nitrogens with zero attached hydrogens (tertiary/aromatic N) is 1. The average molecular weight is 395 g/mol. The molecule has 3 N–H and O–H groups in total. The molecular weight excluding hydrogens is 378 g/mol. The van der Waals surface area contributed by atoms with Gasteiger partial charge in [0.15, 0.2) is 11.5 Å². The second-order valence-corrected chi connectivity index (χ2v) is 7.31. The van der Waals surface area contributed by atoms with Gasteiger partial charge in [0.25, 0.3) is 5.91 Å². The van der Waals surface area contributed by atoms with Crippen molar-refractivity contribution in [1.29, 1.82) is 0 Å². The van der Waals surface area contributed by atoms with Crippen molar-refractivity contribution in [3.63, 3.8) is 0 Å². The molecule has 3 heterocycles. The van der Waals surface area contributed by atoms with E-state index in [4.69, 9.17) is 4.42 Å². The molecule has 1 aromatic carbocycles. The number of aryl methyl sites for hydroxylation is 1. The number of carboxylic acid groups (broad SMARTS) is 1. The maximum Gasteiger partial charge on any atom is 0.326 e. The molecule has 0 aliphatic rings. The highest BCUT2D eigenvalue weighted by atomic mass is 32.1. The molecule has 4 rings (SSSR count). The van der Waals surface area contributed by atoms with Crippen LogP contribution in [-0.4, -0.2) is 33.2 Å². The number of aromatic nitrogens is 2. The summed E-state index contributed by atoms with van der Waals surface area (Å²) in [6, 6.07) is 11.8. The largest absolute Gasteiger partial charge is 0.480 e. The summed E-state index contributed by atoms with van der Waals surface area (Å²) in [5, 5.41) is 21.8. The van der Waals surface area contributed by atoms with Crippen LogP contribution in [0.3, 0.4) is 0 Å². The van der Waals surface area contributed by atoms with Gasteiger partial charge in [-0.1, -0.05) is 18.2 Å². The first-order chi connectivity index (χ1) is 13.5. The molecule has 0 fully saturated rings. The van der Waals surface area contributed by atoms with Gasteiger partial charge in [0, 0.05) is 17.2 Å². The summed E-state index contributed by atoms with van der Waals surface area (Å²) in [5.74, 6) is -0.355. The number of benzene rings is 1. The Balaban J connectivity index is 1.51. The summed E-state index contributed by atoms with van der Waals surface area (Å²) in [4.78, 5) is 24.2. The van der Waals surface area contributed by atoms with Crippen LogP contribution in [0.25, 0.3) is 21.5 Å². The van der Waals surface area contributed by atoms with E-state index in [0.29, 0.717) is 11.5 Å². The van der Waals surface area contributed by atoms with E-state index in [1.807, 2.05) is 42.6 Å². The fourth-order valence-corrected chi connectivity index (χ4v) is 3.96. The van der Waals surface area contributed by atoms with Crippen molar-refractivity contribution in [3.05, 3.63) is 64.9 Å². The molecule has 3 aromatic heterocycles. The minimum absolute atomic E-state index is 0.102. The number of fused-ring (bicyclic) bond motifs is 1. The molecule has 1 atom stereocenters. The minimum Gasteiger partial charge on any atom is -0.480 e. The van der Waals surface area contributed by atoms with Crippen LogP contribution in [0.2, 0.25) is 0 Å². The molecule has 4 aromatic rings. The lowest BCUT2D eigenvalue weighted by molar-refractivity contribution is -0.139. The summed E-state index contributed by atoms with van der Waals surface area (Å²) in [6.45, 7) is 1.82. The monoisotopic (exact) mass is 395 g/mol. The highest BCUT2D eigenvalue weighted by Crippen LogP contribution is 2.26. The molecule has 0 aliphatic heterocycles. The van der Waals surface area contributed by atoms with Crippen LogP contribution >= 0.6 is 11.3 Å². The van der Waals surface area contributed by atoms with Crippen LogP contribution in [0, 0.1) is 6.92 Å². The second kappa shape index (κ2) is 7.32. The predicted octanol–water partition coefficient (Wildman–Crippen LogP) is 3.62. The fraction of sp³-hybridized carbons (Fsp3) is 0.150. The summed E-state index contributed by atoms with van der Waals surface area (Å²) < 4.78 is 6.58. The van der Waals surface area contributed by atoms with Gasteiger partial charge in [-0.05, 0) is 41.5 Å². The molecule has 0 saturated heterocycles. The van der Waals surface area contributed by atoms with E-state index in [2.05, 4.69) is 15.5 Å². The van der Waals surface area contributed by atoms with Crippen LogP contribution in [0.5, 0.6) is 0 Å². The topological polar surface area (TPSA) is 108 Å². The fourth-order valence-electron chi connectivity index (χ4n) is 2.99. The number of thiophene rings is 1. The van der Waals surface area contributed by atoms with Crippen LogP contribution in [0.4, 0.5) is 0 Å². The molecule has 0 bridgehead atoms. The van der Waals surface area contributed by atoms with Crippen molar-refractivity contribution >= 4 is 33.3 Å². The third kappa shape index (κ3) is 3.54. The molecule has 7 nitrogen and oxygen atoms in total. The van der Waals surface area contributed by atoms with E-state index in [-0.39, 0.29) is 12.1 Å². The number of H-pyrrole nitrogens is 1. The smallest absolute Gasteiger partial charge is 0.326 e. The third-order valence-corrected chi connectivity index (χ3v) is 5.42. The number of amides is 1. The lowest BCUT2D eigenvalue weighted by Gasteiger charge is -2.13. The first-order valence-corrected chi connectivity index (χ1v) is 9.50. The van der Waals surface area contributed by atoms with E-state index >= 15 is 0 Å². The Morgan fingerprint density at radius 2 is 2.11 bits per heavy atom. The molecule has 0 saturated carbocycles. The van der Waals surface area contributed by atoms with Gasteiger partial charge in [-0.15, -0.1) is 11.3 Å². The first-order valence-electron chi connectivity index (χ1n) is 8.62. The lowest BCUT2D eigenvalue weighted by Crippen LogP contribution is -2.42. The molecule has 0 radical (unpaired) electrons. The van der Waals surface area contributed by atoms with Crippen molar-refractivity contribution in [2.75, 3.05) is 0 Å². The lowest BCUT2D eigenvalue weighted by atomic mass is 10.0. The number of nitrogens with one attached hydrogen (secondary N) is 2. The van der Waals surface area contributed by atoms with Crippen LogP contribution < -0.4 is 5.32 Å². The van der Waals surface area contributed by atoms with Crippen molar-refractivity contribution in [3.8, 4) is 11.5 Å². The van der Waals surface area contributed by atoms with E-state index in [9.17, 15) is 14.7 Å². The molecule has 0 aliphatic carbocycles. The summed E-state index contributed by atoms with van der Waals surface area (Å²) in [6.07, 6.45) is 0.194. The number of aromatic amines is 1. The maximum absolute atomic E-state index is 12.5. The highest BCUT2D eigenvalue weighted by molar-refractivity contribution is 7.17. The SMILES string of the molecule is Cc1ccc(-c2cc(C(=O)NC(Cc3csc4ccccc34)C(=O)O)n[nH]2)o1. The number of furan rings is 1. The standard InChI is InChI=1S/C20H17N3O4S/c1-11-6-7-17(27-11)14-9-15(23-22-14)19(24)21-16(20(25)26)8-12-10-28-18-5-3-2-4-13(12)18/h2-7,9-10,16H,8H2,1H3,(H,21,24)(H,22,23)(H,25,26). The zero-order valence-corrected chi connectivity index (χ0v) is 15.7. The zero-order chi connectivity index (χ0) is 19.7. The Bertz CT molecular complexity index is 1160. The molecule has 28 heavy (non-hydrogen) atoms. The number of aliphatic carboxylic acids is 1. The zero-order valence-electron chi connectivity index (χ0n) is 14.9. The van der Waals surface area contributed by atoms with Gasteiger partial charge in [0.2, 0.25) is 0 Å². The number of carbonyl (C=O) groups is 2. The molecular formula is C20H17N3O4S. The third-order valence-electron chi connectivity index (χ3n) is 4.40. The number of carboxylic acids is 1. The Labute approximate surface area is 164 Å². The highest BCUT2D eigenvalue weighted by Gasteiger charge is 2.24. The Morgan fingerprint density at radius 3 is 2.86 bits per heavy atom. The van der Waals surface area contributed by atoms with Gasteiger partial charge in [0.05, 0.1) is 0 Å². The van der Waals surface area contributed by atoms with E-state index in [0.717, 1.165) is 21.4 Å². The van der Waals surface area contributed by atoms with Gasteiger partial charge in [-0.2, -0.15) is 5.10 Å². The van der Waals surface area contributed by atoms with Gasteiger partial charge in [-0.25, -0.2) is 4.79 Å². The summed E-state index contributed by atoms with van der Waals surface area (Å²) in [7, 11) is 0. The number of hydrogen-bond donors (Lipinski definition) is 3. The van der Waals surface area contributed by atoms with Crippen LogP contribution in [0.1, 0.15) is 21.8 Å². The van der Waals surface area contributed by atoms with E-state index < -0.39 is 17.9 Å². The molecule has 1 amide bonds. The number of rotatable bonds is 6. The Kier molecular flexibility index (Phi) is 4.70. The summed E-state index contributed by atoms with van der Waals surface area (Å²) >= 11 is 1.55. The number of carbonyl (C=O) groups excluding carboxylic acids is 1. The Hall–Kier alpha value is -3.39. The van der Waals surface area contributed by atoms with Gasteiger partial charge < -0.3 is 14.8 Å². The molecule has 0 spiro atoms. The second-order valence-electron chi connectivity index (χ2n) is 6.40.